The lowest BCUT2D eigenvalue weighted by Crippen LogP contribution is -2.39. The van der Waals surface area contributed by atoms with Crippen LogP contribution in [0.2, 0.25) is 0 Å². The lowest BCUT2D eigenvalue weighted by Gasteiger charge is -2.32. The van der Waals surface area contributed by atoms with Crippen molar-refractivity contribution in [1.82, 2.24) is 0 Å². The van der Waals surface area contributed by atoms with Crippen molar-refractivity contribution in [3.05, 3.63) is 29.8 Å². The minimum Gasteiger partial charge on any atom is -0.389 e. The lowest BCUT2D eigenvalue weighted by atomic mass is 10.0. The second-order valence-electron chi connectivity index (χ2n) is 5.40. The van der Waals surface area contributed by atoms with E-state index in [0.29, 0.717) is 6.54 Å². The van der Waals surface area contributed by atoms with E-state index in [1.807, 2.05) is 26.0 Å². The van der Waals surface area contributed by atoms with Crippen LogP contribution in [0.3, 0.4) is 0 Å². The van der Waals surface area contributed by atoms with Crippen LogP contribution in [0.25, 0.3) is 0 Å². The third-order valence-corrected chi connectivity index (χ3v) is 3.08. The van der Waals surface area contributed by atoms with Crippen molar-refractivity contribution >= 4 is 5.69 Å². The van der Waals surface area contributed by atoms with E-state index in [1.54, 1.807) is 0 Å². The van der Waals surface area contributed by atoms with Crippen molar-refractivity contribution < 1.29 is 5.11 Å². The normalized spacial score (nSPS) is 13.4. The molecule has 1 atom stereocenters. The van der Waals surface area contributed by atoms with Crippen molar-refractivity contribution in [2.75, 3.05) is 18.0 Å². The molecule has 0 aliphatic carbocycles. The van der Waals surface area contributed by atoms with Gasteiger partial charge in [-0.2, -0.15) is 0 Å². The smallest absolute Gasteiger partial charge is 0.0765 e. The molecule has 102 valence electrons. The van der Waals surface area contributed by atoms with E-state index in [0.717, 1.165) is 24.2 Å². The molecule has 0 aliphatic heterocycles. The molecular weight excluding hydrogens is 224 g/mol. The van der Waals surface area contributed by atoms with Crippen LogP contribution in [0.1, 0.15) is 45.7 Å². The van der Waals surface area contributed by atoms with Crippen molar-refractivity contribution in [3.8, 4) is 0 Å². The van der Waals surface area contributed by atoms with E-state index in [9.17, 15) is 5.11 Å². The van der Waals surface area contributed by atoms with Crippen molar-refractivity contribution in [2.45, 2.75) is 45.8 Å². The number of rotatable bonds is 6. The van der Waals surface area contributed by atoms with Crippen molar-refractivity contribution in [2.24, 2.45) is 5.73 Å². The third kappa shape index (κ3) is 4.00. The lowest BCUT2D eigenvalue weighted by molar-refractivity contribution is 0.0875. The average Bonchev–Trinajstić information content (AvgIpc) is 2.34. The first-order valence-electron chi connectivity index (χ1n) is 6.71. The first-order chi connectivity index (χ1) is 8.39. The highest BCUT2D eigenvalue weighted by Gasteiger charge is 2.20. The molecule has 18 heavy (non-hydrogen) atoms. The van der Waals surface area contributed by atoms with Crippen LogP contribution in [0.5, 0.6) is 0 Å². The van der Waals surface area contributed by atoms with Gasteiger partial charge in [-0.25, -0.2) is 0 Å². The van der Waals surface area contributed by atoms with Crippen molar-refractivity contribution in [1.29, 1.82) is 0 Å². The maximum Gasteiger partial charge on any atom is 0.0765 e. The number of benzene rings is 1. The first kappa shape index (κ1) is 15.0. The van der Waals surface area contributed by atoms with Gasteiger partial charge in [-0.05, 0) is 38.8 Å². The number of nitrogens with two attached hydrogens (primary N) is 1. The summed E-state index contributed by atoms with van der Waals surface area (Å²) in [4.78, 5) is 2.19. The van der Waals surface area contributed by atoms with Gasteiger partial charge in [-0.1, -0.05) is 25.1 Å². The predicted molar refractivity (Wildman–Crippen MR) is 77.8 cm³/mol. The SMILES string of the molecule is CCC(N)c1ccccc1N(CC)CC(C)(C)O. The molecule has 0 amide bonds. The molecule has 3 nitrogen and oxygen atoms in total. The van der Waals surface area contributed by atoms with Gasteiger partial charge in [0, 0.05) is 24.8 Å². The molecule has 0 saturated heterocycles. The van der Waals surface area contributed by atoms with Crippen LogP contribution < -0.4 is 10.6 Å². The zero-order chi connectivity index (χ0) is 13.8. The zero-order valence-electron chi connectivity index (χ0n) is 12.0. The topological polar surface area (TPSA) is 49.5 Å². The fourth-order valence-electron chi connectivity index (χ4n) is 2.14. The Morgan fingerprint density at radius 2 is 1.89 bits per heavy atom. The number of hydrogen-bond acceptors (Lipinski definition) is 3. The molecule has 3 N–H and O–H groups in total. The van der Waals surface area contributed by atoms with Crippen LogP contribution in [0.15, 0.2) is 24.3 Å². The molecule has 0 fully saturated rings. The van der Waals surface area contributed by atoms with E-state index < -0.39 is 5.60 Å². The van der Waals surface area contributed by atoms with Crippen LogP contribution >= 0.6 is 0 Å². The number of nitrogens with zero attached hydrogens (tertiary/aromatic N) is 1. The molecule has 0 spiro atoms. The molecule has 3 heteroatoms. The Morgan fingerprint density at radius 3 is 2.39 bits per heavy atom. The molecule has 1 aromatic carbocycles. The summed E-state index contributed by atoms with van der Waals surface area (Å²) in [6.45, 7) is 9.32. The first-order valence-corrected chi connectivity index (χ1v) is 6.71. The summed E-state index contributed by atoms with van der Waals surface area (Å²) in [6, 6.07) is 8.26. The largest absolute Gasteiger partial charge is 0.389 e. The van der Waals surface area contributed by atoms with Gasteiger partial charge in [0.1, 0.15) is 0 Å². The predicted octanol–water partition coefficient (Wildman–Crippen LogP) is 2.69. The van der Waals surface area contributed by atoms with E-state index in [2.05, 4.69) is 30.9 Å². The molecule has 1 rings (SSSR count). The highest BCUT2D eigenvalue weighted by molar-refractivity contribution is 5.55. The quantitative estimate of drug-likeness (QED) is 0.816. The number of anilines is 1. The Morgan fingerprint density at radius 1 is 1.28 bits per heavy atom. The summed E-state index contributed by atoms with van der Waals surface area (Å²) in [5.74, 6) is 0. The Hall–Kier alpha value is -1.06. The molecular formula is C15H26N2O. The Labute approximate surface area is 111 Å². The van der Waals surface area contributed by atoms with Crippen LogP contribution in [0.4, 0.5) is 5.69 Å². The Kier molecular flexibility index (Phi) is 5.17. The maximum absolute atomic E-state index is 9.99. The number of aliphatic hydroxyl groups is 1. The van der Waals surface area contributed by atoms with Crippen LogP contribution in [0, 0.1) is 0 Å². The standard InChI is InChI=1S/C15H26N2O/c1-5-13(16)12-9-7-8-10-14(12)17(6-2)11-15(3,4)18/h7-10,13,18H,5-6,11,16H2,1-4H3. The zero-order valence-corrected chi connectivity index (χ0v) is 12.0. The molecule has 0 saturated carbocycles. The minimum absolute atomic E-state index is 0.0528. The Balaban J connectivity index is 3.05. The average molecular weight is 250 g/mol. The summed E-state index contributed by atoms with van der Waals surface area (Å²) in [7, 11) is 0. The van der Waals surface area contributed by atoms with Gasteiger partial charge < -0.3 is 15.7 Å². The van der Waals surface area contributed by atoms with Gasteiger partial charge >= 0.3 is 0 Å². The molecule has 0 aliphatic rings. The van der Waals surface area contributed by atoms with E-state index in [4.69, 9.17) is 5.73 Å². The molecule has 1 unspecified atom stereocenters. The fourth-order valence-corrected chi connectivity index (χ4v) is 2.14. The van der Waals surface area contributed by atoms with Crippen molar-refractivity contribution in [3.63, 3.8) is 0 Å². The summed E-state index contributed by atoms with van der Waals surface area (Å²) >= 11 is 0. The third-order valence-electron chi connectivity index (χ3n) is 3.08. The van der Waals surface area contributed by atoms with Gasteiger partial charge in [-0.15, -0.1) is 0 Å². The number of hydrogen-bond donors (Lipinski definition) is 2. The van der Waals surface area contributed by atoms with E-state index in [1.165, 1.54) is 0 Å². The highest BCUT2D eigenvalue weighted by atomic mass is 16.3. The van der Waals surface area contributed by atoms with E-state index >= 15 is 0 Å². The molecule has 0 bridgehead atoms. The van der Waals surface area contributed by atoms with Crippen LogP contribution in [-0.2, 0) is 0 Å². The monoisotopic (exact) mass is 250 g/mol. The summed E-state index contributed by atoms with van der Waals surface area (Å²) < 4.78 is 0. The number of likely N-dealkylation sites (N-methyl/N-ethyl adjacent to an activating group) is 1. The molecule has 1 aromatic rings. The minimum atomic E-state index is -0.709. The highest BCUT2D eigenvalue weighted by Crippen LogP contribution is 2.27. The summed E-state index contributed by atoms with van der Waals surface area (Å²) in [5, 5.41) is 9.99. The van der Waals surface area contributed by atoms with Gasteiger partial charge in [0.15, 0.2) is 0 Å². The van der Waals surface area contributed by atoms with Gasteiger partial charge in [-0.3, -0.25) is 0 Å². The second-order valence-corrected chi connectivity index (χ2v) is 5.40. The van der Waals surface area contributed by atoms with Gasteiger partial charge in [0.2, 0.25) is 0 Å². The second kappa shape index (κ2) is 6.21. The summed E-state index contributed by atoms with van der Waals surface area (Å²) in [6.07, 6.45) is 0.914. The van der Waals surface area contributed by atoms with Gasteiger partial charge in [0.25, 0.3) is 0 Å². The molecule has 0 radical (unpaired) electrons. The summed E-state index contributed by atoms with van der Waals surface area (Å²) in [5.41, 5.74) is 7.75. The van der Waals surface area contributed by atoms with E-state index in [-0.39, 0.29) is 6.04 Å². The van der Waals surface area contributed by atoms with Gasteiger partial charge in [0.05, 0.1) is 5.60 Å². The fraction of sp³-hybridized carbons (Fsp3) is 0.600. The Bertz CT molecular complexity index is 371. The molecule has 0 heterocycles. The maximum atomic E-state index is 9.99. The molecule has 0 aromatic heterocycles. The number of para-hydroxylation sites is 1. The van der Waals surface area contributed by atoms with Crippen LogP contribution in [-0.4, -0.2) is 23.8 Å².